The zero-order chi connectivity index (χ0) is 17.9. The van der Waals surface area contributed by atoms with E-state index in [1.54, 1.807) is 0 Å². The number of H-pyrrole nitrogens is 1. The van der Waals surface area contributed by atoms with Crippen LogP contribution in [0.5, 0.6) is 0 Å². The SMILES string of the molecule is C[C@@H](c1nc2ccccc2c(=O)[nH]1)N1CCC(Cc2ccccc2)CC1. The first-order valence-electron chi connectivity index (χ1n) is 9.47. The molecular weight excluding hydrogens is 322 g/mol. The zero-order valence-electron chi connectivity index (χ0n) is 15.2. The second-order valence-electron chi connectivity index (χ2n) is 7.31. The van der Waals surface area contributed by atoms with E-state index in [4.69, 9.17) is 4.98 Å². The van der Waals surface area contributed by atoms with E-state index in [2.05, 4.69) is 47.1 Å². The van der Waals surface area contributed by atoms with E-state index < -0.39 is 0 Å². The van der Waals surface area contributed by atoms with Crippen LogP contribution < -0.4 is 5.56 Å². The van der Waals surface area contributed by atoms with Crippen molar-refractivity contribution in [3.8, 4) is 0 Å². The van der Waals surface area contributed by atoms with Gasteiger partial charge in [-0.2, -0.15) is 0 Å². The average Bonchev–Trinajstić information content (AvgIpc) is 2.69. The molecule has 0 aliphatic carbocycles. The standard InChI is InChI=1S/C22H25N3O/c1-16(21-23-20-10-6-5-9-19(20)22(26)24-21)25-13-11-18(12-14-25)15-17-7-3-2-4-8-17/h2-10,16,18H,11-15H2,1H3,(H,23,24,26)/t16-/m0/s1. The third-order valence-electron chi connectivity index (χ3n) is 5.59. The topological polar surface area (TPSA) is 49.0 Å². The summed E-state index contributed by atoms with van der Waals surface area (Å²) in [6, 6.07) is 18.4. The molecule has 1 fully saturated rings. The van der Waals surface area contributed by atoms with E-state index in [0.29, 0.717) is 5.39 Å². The molecule has 2 aromatic carbocycles. The third-order valence-corrected chi connectivity index (χ3v) is 5.59. The molecule has 3 aromatic rings. The number of aromatic amines is 1. The van der Waals surface area contributed by atoms with E-state index in [-0.39, 0.29) is 11.6 Å². The first kappa shape index (κ1) is 17.0. The van der Waals surface area contributed by atoms with Gasteiger partial charge in [0.25, 0.3) is 5.56 Å². The van der Waals surface area contributed by atoms with Crippen molar-refractivity contribution in [2.75, 3.05) is 13.1 Å². The molecule has 1 N–H and O–H groups in total. The van der Waals surface area contributed by atoms with Crippen LogP contribution in [0.4, 0.5) is 0 Å². The highest BCUT2D eigenvalue weighted by atomic mass is 16.1. The second kappa shape index (κ2) is 7.42. The number of rotatable bonds is 4. The smallest absolute Gasteiger partial charge is 0.258 e. The highest BCUT2D eigenvalue weighted by Gasteiger charge is 2.25. The summed E-state index contributed by atoms with van der Waals surface area (Å²) < 4.78 is 0. The van der Waals surface area contributed by atoms with Gasteiger partial charge in [0.05, 0.1) is 16.9 Å². The third kappa shape index (κ3) is 3.56. The maximum absolute atomic E-state index is 12.3. The molecule has 0 unspecified atom stereocenters. The molecule has 0 spiro atoms. The summed E-state index contributed by atoms with van der Waals surface area (Å²) in [5.74, 6) is 1.51. The fraction of sp³-hybridized carbons (Fsp3) is 0.364. The molecule has 4 rings (SSSR count). The summed E-state index contributed by atoms with van der Waals surface area (Å²) in [6.07, 6.45) is 3.54. The van der Waals surface area contributed by atoms with Crippen molar-refractivity contribution in [1.82, 2.24) is 14.9 Å². The lowest BCUT2D eigenvalue weighted by atomic mass is 9.89. The number of aromatic nitrogens is 2. The molecule has 2 heterocycles. The number of benzene rings is 2. The highest BCUT2D eigenvalue weighted by Crippen LogP contribution is 2.27. The maximum atomic E-state index is 12.3. The Labute approximate surface area is 153 Å². The van der Waals surface area contributed by atoms with Crippen LogP contribution in [0.25, 0.3) is 10.9 Å². The minimum Gasteiger partial charge on any atom is -0.309 e. The highest BCUT2D eigenvalue weighted by molar-refractivity contribution is 5.77. The van der Waals surface area contributed by atoms with Crippen LogP contribution in [-0.4, -0.2) is 28.0 Å². The van der Waals surface area contributed by atoms with E-state index in [9.17, 15) is 4.79 Å². The lowest BCUT2D eigenvalue weighted by Gasteiger charge is -2.35. The Hall–Kier alpha value is -2.46. The van der Waals surface area contributed by atoms with E-state index in [1.807, 2.05) is 24.3 Å². The second-order valence-corrected chi connectivity index (χ2v) is 7.31. The number of nitrogens with zero attached hydrogens (tertiary/aromatic N) is 2. The van der Waals surface area contributed by atoms with Crippen molar-refractivity contribution in [3.05, 3.63) is 76.3 Å². The van der Waals surface area contributed by atoms with Crippen molar-refractivity contribution in [2.45, 2.75) is 32.2 Å². The van der Waals surface area contributed by atoms with Gasteiger partial charge in [0, 0.05) is 0 Å². The molecule has 0 radical (unpaired) electrons. The molecule has 0 saturated carbocycles. The minimum absolute atomic E-state index is 0.0450. The molecular formula is C22H25N3O. The molecule has 134 valence electrons. The van der Waals surface area contributed by atoms with Crippen molar-refractivity contribution < 1.29 is 0 Å². The van der Waals surface area contributed by atoms with Gasteiger partial charge >= 0.3 is 0 Å². The number of nitrogens with one attached hydrogen (secondary N) is 1. The fourth-order valence-electron chi connectivity index (χ4n) is 3.97. The fourth-order valence-corrected chi connectivity index (χ4v) is 3.97. The van der Waals surface area contributed by atoms with Crippen molar-refractivity contribution in [3.63, 3.8) is 0 Å². The molecule has 1 aliphatic rings. The van der Waals surface area contributed by atoms with Gasteiger partial charge in [0.1, 0.15) is 5.82 Å². The summed E-state index contributed by atoms with van der Waals surface area (Å²) in [5, 5.41) is 0.657. The van der Waals surface area contributed by atoms with Crippen LogP contribution in [0.1, 0.15) is 37.2 Å². The Morgan fingerprint density at radius 3 is 2.54 bits per heavy atom. The number of piperidine rings is 1. The zero-order valence-corrected chi connectivity index (χ0v) is 15.2. The molecule has 1 atom stereocenters. The van der Waals surface area contributed by atoms with Gasteiger partial charge in [-0.25, -0.2) is 4.98 Å². The van der Waals surface area contributed by atoms with Crippen LogP contribution >= 0.6 is 0 Å². The summed E-state index contributed by atoms with van der Waals surface area (Å²) in [6.45, 7) is 4.25. The van der Waals surface area contributed by atoms with Crippen LogP contribution in [0.2, 0.25) is 0 Å². The number of likely N-dealkylation sites (tertiary alicyclic amines) is 1. The number of hydrogen-bond donors (Lipinski definition) is 1. The summed E-state index contributed by atoms with van der Waals surface area (Å²) in [4.78, 5) is 22.5. The van der Waals surface area contributed by atoms with Crippen molar-refractivity contribution in [2.24, 2.45) is 5.92 Å². The Kier molecular flexibility index (Phi) is 4.85. The minimum atomic E-state index is -0.0450. The Bertz CT molecular complexity index is 927. The van der Waals surface area contributed by atoms with Gasteiger partial charge in [-0.3, -0.25) is 9.69 Å². The van der Waals surface area contributed by atoms with Gasteiger partial charge in [-0.05, 0) is 62.9 Å². The molecule has 0 bridgehead atoms. The van der Waals surface area contributed by atoms with E-state index >= 15 is 0 Å². The Morgan fingerprint density at radius 1 is 1.08 bits per heavy atom. The first-order valence-corrected chi connectivity index (χ1v) is 9.47. The summed E-state index contributed by atoms with van der Waals surface area (Å²) in [5.41, 5.74) is 2.16. The largest absolute Gasteiger partial charge is 0.309 e. The van der Waals surface area contributed by atoms with Crippen LogP contribution in [-0.2, 0) is 6.42 Å². The predicted octanol–water partition coefficient (Wildman–Crippen LogP) is 3.94. The predicted molar refractivity (Wildman–Crippen MR) is 105 cm³/mol. The lowest BCUT2D eigenvalue weighted by Crippen LogP contribution is -2.37. The number of hydrogen-bond acceptors (Lipinski definition) is 3. The maximum Gasteiger partial charge on any atom is 0.258 e. The van der Waals surface area contributed by atoms with Gasteiger partial charge in [-0.15, -0.1) is 0 Å². The summed E-state index contributed by atoms with van der Waals surface area (Å²) in [7, 11) is 0. The van der Waals surface area contributed by atoms with Gasteiger partial charge < -0.3 is 4.98 Å². The molecule has 4 heteroatoms. The average molecular weight is 347 g/mol. The van der Waals surface area contributed by atoms with E-state index in [0.717, 1.165) is 36.8 Å². The lowest BCUT2D eigenvalue weighted by molar-refractivity contribution is 0.136. The van der Waals surface area contributed by atoms with Crippen molar-refractivity contribution >= 4 is 10.9 Å². The van der Waals surface area contributed by atoms with Crippen molar-refractivity contribution in [1.29, 1.82) is 0 Å². The molecule has 1 aromatic heterocycles. The first-order chi connectivity index (χ1) is 12.7. The molecule has 1 saturated heterocycles. The normalized spacial score (nSPS) is 17.4. The molecule has 26 heavy (non-hydrogen) atoms. The molecule has 0 amide bonds. The van der Waals surface area contributed by atoms with Crippen LogP contribution in [0.15, 0.2) is 59.4 Å². The molecule has 1 aliphatic heterocycles. The quantitative estimate of drug-likeness (QED) is 0.778. The monoisotopic (exact) mass is 347 g/mol. The van der Waals surface area contributed by atoms with Gasteiger partial charge in [-0.1, -0.05) is 42.5 Å². The Morgan fingerprint density at radius 2 is 1.77 bits per heavy atom. The summed E-state index contributed by atoms with van der Waals surface area (Å²) >= 11 is 0. The van der Waals surface area contributed by atoms with Gasteiger partial charge in [0.15, 0.2) is 0 Å². The van der Waals surface area contributed by atoms with Gasteiger partial charge in [0.2, 0.25) is 0 Å². The van der Waals surface area contributed by atoms with Crippen LogP contribution in [0, 0.1) is 5.92 Å². The Balaban J connectivity index is 1.43. The number of para-hydroxylation sites is 1. The number of fused-ring (bicyclic) bond motifs is 1. The molecule has 4 nitrogen and oxygen atoms in total. The van der Waals surface area contributed by atoms with E-state index in [1.165, 1.54) is 18.4 Å². The van der Waals surface area contributed by atoms with Crippen LogP contribution in [0.3, 0.4) is 0 Å².